The van der Waals surface area contributed by atoms with Gasteiger partial charge in [0.25, 0.3) is 11.5 Å². The van der Waals surface area contributed by atoms with Crippen molar-refractivity contribution in [1.29, 1.82) is 0 Å². The van der Waals surface area contributed by atoms with E-state index < -0.39 is 5.91 Å². The van der Waals surface area contributed by atoms with Gasteiger partial charge in [-0.05, 0) is 18.6 Å². The minimum absolute atomic E-state index is 0.146. The van der Waals surface area contributed by atoms with E-state index in [0.29, 0.717) is 18.1 Å². The molecule has 28 heavy (non-hydrogen) atoms. The molecule has 0 saturated carbocycles. The number of carbonyl (C=O) groups is 1. The summed E-state index contributed by atoms with van der Waals surface area (Å²) >= 11 is 3.52. The lowest BCUT2D eigenvalue weighted by Crippen LogP contribution is -2.21. The number of furan rings is 1. The Hall–Kier alpha value is -3.20. The van der Waals surface area contributed by atoms with Gasteiger partial charge in [0.15, 0.2) is 0 Å². The first-order chi connectivity index (χ1) is 13.5. The summed E-state index contributed by atoms with van der Waals surface area (Å²) in [5, 5.41) is 7.27. The normalized spacial score (nSPS) is 11.1. The summed E-state index contributed by atoms with van der Waals surface area (Å²) < 4.78 is 9.44. The van der Waals surface area contributed by atoms with Gasteiger partial charge in [-0.25, -0.2) is 9.67 Å². The fourth-order valence-electron chi connectivity index (χ4n) is 2.99. The minimum atomic E-state index is -0.449. The number of aryl methyl sites for hydroxylation is 2. The van der Waals surface area contributed by atoms with Crippen molar-refractivity contribution in [2.75, 3.05) is 5.32 Å². The number of anilines is 1. The molecule has 3 heterocycles. The lowest BCUT2D eigenvalue weighted by molar-refractivity contribution is 0.102. The number of hydrogen-bond donors (Lipinski definition) is 1. The lowest BCUT2D eigenvalue weighted by atomic mass is 10.2. The third kappa shape index (κ3) is 3.13. The predicted octanol–water partition coefficient (Wildman–Crippen LogP) is 3.09. The summed E-state index contributed by atoms with van der Waals surface area (Å²) in [5.41, 5.74) is 1.00. The highest BCUT2D eigenvalue weighted by molar-refractivity contribution is 9.10. The second kappa shape index (κ2) is 7.08. The summed E-state index contributed by atoms with van der Waals surface area (Å²) in [6, 6.07) is 9.48. The first-order valence-electron chi connectivity index (χ1n) is 8.47. The van der Waals surface area contributed by atoms with Crippen molar-refractivity contribution in [3.8, 4) is 0 Å². The maximum atomic E-state index is 12.9. The van der Waals surface area contributed by atoms with Crippen LogP contribution in [-0.2, 0) is 13.6 Å². The Morgan fingerprint density at radius 1 is 1.29 bits per heavy atom. The number of amides is 1. The second-order valence-corrected chi connectivity index (χ2v) is 7.15. The molecule has 1 aromatic carbocycles. The minimum Gasteiger partial charge on any atom is -0.442 e. The molecular formula is C19H16BrN5O3. The van der Waals surface area contributed by atoms with Crippen LogP contribution in [0.1, 0.15) is 21.7 Å². The molecule has 0 aliphatic carbocycles. The van der Waals surface area contributed by atoms with Crippen LogP contribution in [0.4, 0.5) is 5.82 Å². The fraction of sp³-hybridized carbons (Fsp3) is 0.158. The van der Waals surface area contributed by atoms with Gasteiger partial charge in [0, 0.05) is 17.6 Å². The van der Waals surface area contributed by atoms with Crippen molar-refractivity contribution in [2.24, 2.45) is 7.05 Å². The Morgan fingerprint density at radius 2 is 2.07 bits per heavy atom. The highest BCUT2D eigenvalue weighted by Crippen LogP contribution is 2.23. The van der Waals surface area contributed by atoms with Crippen LogP contribution in [0.5, 0.6) is 0 Å². The van der Waals surface area contributed by atoms with Gasteiger partial charge in [-0.3, -0.25) is 9.59 Å². The molecule has 1 amide bonds. The average molecular weight is 442 g/mol. The van der Waals surface area contributed by atoms with E-state index in [1.165, 1.54) is 10.9 Å². The van der Waals surface area contributed by atoms with Gasteiger partial charge >= 0.3 is 0 Å². The molecule has 8 nitrogen and oxygen atoms in total. The third-order valence-electron chi connectivity index (χ3n) is 4.41. The zero-order valence-electron chi connectivity index (χ0n) is 15.1. The van der Waals surface area contributed by atoms with E-state index in [1.807, 2.05) is 24.3 Å². The highest BCUT2D eigenvalue weighted by Gasteiger charge is 2.23. The molecule has 0 unspecified atom stereocenters. The van der Waals surface area contributed by atoms with E-state index >= 15 is 0 Å². The second-order valence-electron chi connectivity index (χ2n) is 6.29. The van der Waals surface area contributed by atoms with E-state index in [1.54, 1.807) is 30.9 Å². The monoisotopic (exact) mass is 441 g/mol. The van der Waals surface area contributed by atoms with Gasteiger partial charge in [0.05, 0.1) is 18.3 Å². The zero-order chi connectivity index (χ0) is 19.8. The van der Waals surface area contributed by atoms with Gasteiger partial charge < -0.3 is 14.3 Å². The van der Waals surface area contributed by atoms with Crippen LogP contribution in [0, 0.1) is 6.92 Å². The van der Waals surface area contributed by atoms with Gasteiger partial charge in [0.1, 0.15) is 23.3 Å². The van der Waals surface area contributed by atoms with Gasteiger partial charge in [-0.15, -0.1) is 0 Å². The molecule has 0 atom stereocenters. The van der Waals surface area contributed by atoms with Crippen LogP contribution in [0.25, 0.3) is 11.1 Å². The maximum Gasteiger partial charge on any atom is 0.265 e. The number of nitrogens with one attached hydrogen (secondary N) is 1. The van der Waals surface area contributed by atoms with Crippen LogP contribution in [0.2, 0.25) is 0 Å². The average Bonchev–Trinajstić information content (AvgIpc) is 3.24. The molecule has 3 aromatic heterocycles. The number of nitrogens with zero attached hydrogens (tertiary/aromatic N) is 4. The number of fused-ring (bicyclic) bond motifs is 1. The van der Waals surface area contributed by atoms with Crippen LogP contribution in [0.15, 0.2) is 56.5 Å². The van der Waals surface area contributed by atoms with Crippen LogP contribution >= 0.6 is 15.9 Å². The molecule has 0 aliphatic heterocycles. The fourth-order valence-corrected chi connectivity index (χ4v) is 3.40. The SMILES string of the molecule is Cc1oc2ncn(C)c(=O)c2c1C(=O)Nc1ccnn1Cc1ccccc1Br. The van der Waals surface area contributed by atoms with Crippen molar-refractivity contribution in [2.45, 2.75) is 13.5 Å². The summed E-state index contributed by atoms with van der Waals surface area (Å²) in [6.45, 7) is 2.10. The third-order valence-corrected chi connectivity index (χ3v) is 5.18. The molecule has 142 valence electrons. The zero-order valence-corrected chi connectivity index (χ0v) is 16.7. The first kappa shape index (κ1) is 18.2. The number of carbonyl (C=O) groups excluding carboxylic acids is 1. The van der Waals surface area contributed by atoms with Crippen molar-refractivity contribution in [3.63, 3.8) is 0 Å². The largest absolute Gasteiger partial charge is 0.442 e. The van der Waals surface area contributed by atoms with Gasteiger partial charge in [-0.1, -0.05) is 34.1 Å². The summed E-state index contributed by atoms with van der Waals surface area (Å²) in [7, 11) is 1.57. The quantitative estimate of drug-likeness (QED) is 0.524. The van der Waals surface area contributed by atoms with Crippen molar-refractivity contribution < 1.29 is 9.21 Å². The van der Waals surface area contributed by atoms with E-state index in [-0.39, 0.29) is 22.2 Å². The predicted molar refractivity (Wildman–Crippen MR) is 107 cm³/mol. The molecule has 0 spiro atoms. The number of aromatic nitrogens is 4. The summed E-state index contributed by atoms with van der Waals surface area (Å²) in [5.74, 6) is 0.394. The molecule has 0 radical (unpaired) electrons. The number of hydrogen-bond acceptors (Lipinski definition) is 5. The highest BCUT2D eigenvalue weighted by atomic mass is 79.9. The number of rotatable bonds is 4. The molecule has 0 fully saturated rings. The molecule has 0 saturated heterocycles. The smallest absolute Gasteiger partial charge is 0.265 e. The molecular weight excluding hydrogens is 426 g/mol. The Labute approximate surface area is 167 Å². The van der Waals surface area contributed by atoms with Gasteiger partial charge in [0.2, 0.25) is 5.71 Å². The summed E-state index contributed by atoms with van der Waals surface area (Å²) in [6.07, 6.45) is 2.97. The Morgan fingerprint density at radius 3 is 2.86 bits per heavy atom. The standard InChI is InChI=1S/C19H16BrN5O3/c1-11-15(16-18(28-11)21-10-24(2)19(16)27)17(26)23-14-7-8-22-25(14)9-12-5-3-4-6-13(12)20/h3-8,10H,9H2,1-2H3,(H,23,26). The molecule has 0 aliphatic rings. The molecule has 1 N–H and O–H groups in total. The van der Waals surface area contributed by atoms with Crippen LogP contribution < -0.4 is 10.9 Å². The molecule has 4 aromatic rings. The first-order valence-corrected chi connectivity index (χ1v) is 9.26. The Balaban J connectivity index is 1.68. The van der Waals surface area contributed by atoms with E-state index in [4.69, 9.17) is 4.42 Å². The number of halogens is 1. The maximum absolute atomic E-state index is 12.9. The van der Waals surface area contributed by atoms with E-state index in [2.05, 4.69) is 31.3 Å². The summed E-state index contributed by atoms with van der Waals surface area (Å²) in [4.78, 5) is 29.5. The molecule has 9 heteroatoms. The Bertz CT molecular complexity index is 1250. The van der Waals surface area contributed by atoms with Crippen LogP contribution in [-0.4, -0.2) is 25.2 Å². The van der Waals surface area contributed by atoms with Crippen molar-refractivity contribution in [3.05, 3.63) is 74.6 Å². The topological polar surface area (TPSA) is 94.9 Å². The van der Waals surface area contributed by atoms with Crippen molar-refractivity contribution in [1.82, 2.24) is 19.3 Å². The Kier molecular flexibility index (Phi) is 4.60. The lowest BCUT2D eigenvalue weighted by Gasteiger charge is -2.10. The van der Waals surface area contributed by atoms with E-state index in [9.17, 15) is 9.59 Å². The van der Waals surface area contributed by atoms with Gasteiger partial charge in [-0.2, -0.15) is 5.10 Å². The molecule has 0 bridgehead atoms. The van der Waals surface area contributed by atoms with Crippen molar-refractivity contribution >= 4 is 38.8 Å². The number of benzene rings is 1. The molecule has 4 rings (SSSR count). The van der Waals surface area contributed by atoms with E-state index in [0.717, 1.165) is 10.0 Å². The van der Waals surface area contributed by atoms with Crippen LogP contribution in [0.3, 0.4) is 0 Å².